The van der Waals surface area contributed by atoms with Crippen LogP contribution in [0.4, 0.5) is 0 Å². The van der Waals surface area contributed by atoms with Gasteiger partial charge in [0.1, 0.15) is 5.75 Å². The van der Waals surface area contributed by atoms with Crippen molar-refractivity contribution in [2.45, 2.75) is 18.5 Å². The van der Waals surface area contributed by atoms with Gasteiger partial charge in [-0.3, -0.25) is 4.57 Å². The SMILES string of the molecule is CCCSc1nccn1-c1ccc(OC)cc1. The summed E-state index contributed by atoms with van der Waals surface area (Å²) >= 11 is 1.78. The molecule has 0 fully saturated rings. The van der Waals surface area contributed by atoms with E-state index in [9.17, 15) is 0 Å². The highest BCUT2D eigenvalue weighted by Gasteiger charge is 2.04. The predicted octanol–water partition coefficient (Wildman–Crippen LogP) is 3.38. The molecule has 0 radical (unpaired) electrons. The first-order valence-corrected chi connectivity index (χ1v) is 6.64. The molecular formula is C13H16N2OS. The Morgan fingerprint density at radius 3 is 2.71 bits per heavy atom. The summed E-state index contributed by atoms with van der Waals surface area (Å²) in [6.07, 6.45) is 4.97. The van der Waals surface area contributed by atoms with Crippen LogP contribution < -0.4 is 4.74 Å². The van der Waals surface area contributed by atoms with Crippen molar-refractivity contribution in [1.29, 1.82) is 0 Å². The molecule has 0 saturated heterocycles. The van der Waals surface area contributed by atoms with Crippen LogP contribution >= 0.6 is 11.8 Å². The van der Waals surface area contributed by atoms with E-state index in [-0.39, 0.29) is 0 Å². The zero-order valence-electron chi connectivity index (χ0n) is 10.1. The fourth-order valence-corrected chi connectivity index (χ4v) is 2.36. The van der Waals surface area contributed by atoms with Crippen LogP contribution in [0.15, 0.2) is 41.8 Å². The number of nitrogens with zero attached hydrogens (tertiary/aromatic N) is 2. The number of benzene rings is 1. The Labute approximate surface area is 106 Å². The Morgan fingerprint density at radius 1 is 1.29 bits per heavy atom. The van der Waals surface area contributed by atoms with Gasteiger partial charge in [-0.1, -0.05) is 18.7 Å². The molecule has 3 nitrogen and oxygen atoms in total. The molecule has 0 spiro atoms. The quantitative estimate of drug-likeness (QED) is 0.759. The predicted molar refractivity (Wildman–Crippen MR) is 71.1 cm³/mol. The van der Waals surface area contributed by atoms with Crippen LogP contribution in [0.3, 0.4) is 0 Å². The molecule has 0 aliphatic rings. The molecule has 0 saturated carbocycles. The fourth-order valence-electron chi connectivity index (χ4n) is 1.53. The largest absolute Gasteiger partial charge is 0.497 e. The van der Waals surface area contributed by atoms with Crippen LogP contribution in [0.1, 0.15) is 13.3 Å². The van der Waals surface area contributed by atoms with Gasteiger partial charge in [-0.25, -0.2) is 4.98 Å². The average molecular weight is 248 g/mol. The number of hydrogen-bond donors (Lipinski definition) is 0. The van der Waals surface area contributed by atoms with Crippen molar-refractivity contribution in [3.8, 4) is 11.4 Å². The molecule has 0 unspecified atom stereocenters. The van der Waals surface area contributed by atoms with E-state index in [1.165, 1.54) is 0 Å². The highest BCUT2D eigenvalue weighted by Crippen LogP contribution is 2.22. The second-order valence-electron chi connectivity index (χ2n) is 3.63. The minimum atomic E-state index is 0.872. The minimum Gasteiger partial charge on any atom is -0.497 e. The van der Waals surface area contributed by atoms with Gasteiger partial charge in [0.05, 0.1) is 7.11 Å². The van der Waals surface area contributed by atoms with Crippen LogP contribution in [0.25, 0.3) is 5.69 Å². The zero-order chi connectivity index (χ0) is 12.1. The number of imidazole rings is 1. The van der Waals surface area contributed by atoms with Crippen molar-refractivity contribution < 1.29 is 4.74 Å². The summed E-state index contributed by atoms with van der Waals surface area (Å²) in [6, 6.07) is 8.00. The number of thioether (sulfide) groups is 1. The van der Waals surface area contributed by atoms with E-state index in [2.05, 4.69) is 16.5 Å². The summed E-state index contributed by atoms with van der Waals surface area (Å²) in [7, 11) is 1.68. The topological polar surface area (TPSA) is 27.1 Å². The minimum absolute atomic E-state index is 0.872. The van der Waals surface area contributed by atoms with E-state index in [0.29, 0.717) is 0 Å². The standard InChI is InChI=1S/C13H16N2OS/c1-3-10-17-13-14-8-9-15(13)11-4-6-12(16-2)7-5-11/h4-9H,3,10H2,1-2H3. The smallest absolute Gasteiger partial charge is 0.172 e. The molecule has 0 amide bonds. The lowest BCUT2D eigenvalue weighted by atomic mass is 10.3. The Balaban J connectivity index is 2.23. The third kappa shape index (κ3) is 2.82. The molecule has 0 N–H and O–H groups in total. The maximum atomic E-state index is 5.15. The first-order valence-electron chi connectivity index (χ1n) is 5.65. The van der Waals surface area contributed by atoms with Crippen LogP contribution in [0.2, 0.25) is 0 Å². The van der Waals surface area contributed by atoms with Gasteiger partial charge in [0.15, 0.2) is 5.16 Å². The van der Waals surface area contributed by atoms with E-state index >= 15 is 0 Å². The molecule has 2 rings (SSSR count). The summed E-state index contributed by atoms with van der Waals surface area (Å²) in [5.41, 5.74) is 1.11. The second-order valence-corrected chi connectivity index (χ2v) is 4.69. The van der Waals surface area contributed by atoms with Crippen molar-refractivity contribution in [3.05, 3.63) is 36.7 Å². The Hall–Kier alpha value is -1.42. The van der Waals surface area contributed by atoms with E-state index in [1.807, 2.05) is 36.7 Å². The monoisotopic (exact) mass is 248 g/mol. The normalized spacial score (nSPS) is 10.5. The third-order valence-electron chi connectivity index (χ3n) is 2.39. The Morgan fingerprint density at radius 2 is 2.06 bits per heavy atom. The summed E-state index contributed by atoms with van der Waals surface area (Å²) < 4.78 is 7.25. The maximum Gasteiger partial charge on any atom is 0.172 e. The van der Waals surface area contributed by atoms with E-state index < -0.39 is 0 Å². The van der Waals surface area contributed by atoms with Gasteiger partial charge in [0, 0.05) is 23.8 Å². The average Bonchev–Trinajstić information content (AvgIpc) is 2.84. The van der Waals surface area contributed by atoms with Gasteiger partial charge in [-0.05, 0) is 30.7 Å². The van der Waals surface area contributed by atoms with Crippen LogP contribution in [0.5, 0.6) is 5.75 Å². The molecule has 0 aliphatic heterocycles. The highest BCUT2D eigenvalue weighted by molar-refractivity contribution is 7.99. The molecule has 0 aliphatic carbocycles. The van der Waals surface area contributed by atoms with Crippen molar-refractivity contribution >= 4 is 11.8 Å². The lowest BCUT2D eigenvalue weighted by molar-refractivity contribution is 0.414. The highest BCUT2D eigenvalue weighted by atomic mass is 32.2. The van der Waals surface area contributed by atoms with E-state index in [4.69, 9.17) is 4.74 Å². The Bertz CT molecular complexity index is 465. The van der Waals surface area contributed by atoms with Gasteiger partial charge < -0.3 is 4.74 Å². The van der Waals surface area contributed by atoms with Crippen molar-refractivity contribution in [1.82, 2.24) is 9.55 Å². The second kappa shape index (κ2) is 5.77. The van der Waals surface area contributed by atoms with Gasteiger partial charge >= 0.3 is 0 Å². The van der Waals surface area contributed by atoms with Crippen LogP contribution in [-0.2, 0) is 0 Å². The van der Waals surface area contributed by atoms with Crippen LogP contribution in [0, 0.1) is 0 Å². The maximum absolute atomic E-state index is 5.15. The summed E-state index contributed by atoms with van der Waals surface area (Å²) in [6.45, 7) is 2.17. The zero-order valence-corrected chi connectivity index (χ0v) is 10.9. The molecule has 2 aromatic rings. The van der Waals surface area contributed by atoms with E-state index in [1.54, 1.807) is 18.9 Å². The van der Waals surface area contributed by atoms with Gasteiger partial charge in [0.2, 0.25) is 0 Å². The molecular weight excluding hydrogens is 232 g/mol. The first kappa shape index (κ1) is 12.0. The molecule has 1 aromatic heterocycles. The van der Waals surface area contributed by atoms with Crippen molar-refractivity contribution in [2.75, 3.05) is 12.9 Å². The lowest BCUT2D eigenvalue weighted by Crippen LogP contribution is -1.95. The van der Waals surface area contributed by atoms with Crippen molar-refractivity contribution in [2.24, 2.45) is 0 Å². The number of aromatic nitrogens is 2. The number of methoxy groups -OCH3 is 1. The molecule has 0 bridgehead atoms. The molecule has 4 heteroatoms. The molecule has 1 heterocycles. The third-order valence-corrected chi connectivity index (χ3v) is 3.57. The van der Waals surface area contributed by atoms with Gasteiger partial charge in [0.25, 0.3) is 0 Å². The summed E-state index contributed by atoms with van der Waals surface area (Å²) in [4.78, 5) is 4.37. The molecule has 1 aromatic carbocycles. The number of rotatable bonds is 5. The summed E-state index contributed by atoms with van der Waals surface area (Å²) in [5.74, 6) is 1.96. The Kier molecular flexibility index (Phi) is 4.09. The van der Waals surface area contributed by atoms with Crippen molar-refractivity contribution in [3.63, 3.8) is 0 Å². The van der Waals surface area contributed by atoms with Gasteiger partial charge in [-0.15, -0.1) is 0 Å². The number of ether oxygens (including phenoxy) is 1. The fraction of sp³-hybridized carbons (Fsp3) is 0.308. The summed E-state index contributed by atoms with van der Waals surface area (Å²) in [5, 5.41) is 1.04. The number of hydrogen-bond acceptors (Lipinski definition) is 3. The molecule has 0 atom stereocenters. The molecule has 17 heavy (non-hydrogen) atoms. The molecule has 90 valence electrons. The van der Waals surface area contributed by atoms with Gasteiger partial charge in [-0.2, -0.15) is 0 Å². The first-order chi connectivity index (χ1) is 8.35. The van der Waals surface area contributed by atoms with Crippen LogP contribution in [-0.4, -0.2) is 22.4 Å². The van der Waals surface area contributed by atoms with E-state index in [0.717, 1.165) is 28.8 Å². The lowest BCUT2D eigenvalue weighted by Gasteiger charge is -2.07.